The maximum Gasteiger partial charge on any atom is 0.246 e. The minimum absolute atomic E-state index is 0.0326. The van der Waals surface area contributed by atoms with E-state index < -0.39 is 8.07 Å². The number of aromatic nitrogens is 2. The van der Waals surface area contributed by atoms with Crippen LogP contribution < -0.4 is 31.7 Å². The molecule has 2 aliphatic carbocycles. The van der Waals surface area contributed by atoms with Gasteiger partial charge in [-0.25, -0.2) is 0 Å². The van der Waals surface area contributed by atoms with Crippen molar-refractivity contribution < 1.29 is 0 Å². The number of rotatable bonds is 7. The smallest absolute Gasteiger partial charge is 0.246 e. The summed E-state index contributed by atoms with van der Waals surface area (Å²) in [5.41, 5.74) is 27.2. The van der Waals surface area contributed by atoms with Crippen molar-refractivity contribution in [1.29, 1.82) is 0 Å². The maximum absolute atomic E-state index is 2.81. The summed E-state index contributed by atoms with van der Waals surface area (Å²) in [6.07, 6.45) is 9.46. The Kier molecular flexibility index (Phi) is 11.3. The lowest BCUT2D eigenvalue weighted by atomic mass is 9.34. The summed E-state index contributed by atoms with van der Waals surface area (Å²) in [7, 11) is -2.41. The number of hydrogen-bond acceptors (Lipinski definition) is 1. The SMILES string of the molecule is CC[Si]1(CC)c2ccc(-n3c4c(c5ccccc53)CCCC4)cc2B2c3ccc(-n4c5c(c6ccccc64)CCCC5)cc3N(c3c(-c4ccccc4)cc(C(C)(C)C)cc3-c3ccccc3)c3cc(C(C)(C)C)cc1c32. The lowest BCUT2D eigenvalue weighted by Gasteiger charge is -2.48. The van der Waals surface area contributed by atoms with Crippen LogP contribution in [0.5, 0.6) is 0 Å². The van der Waals surface area contributed by atoms with Crippen LogP contribution in [0.2, 0.25) is 12.1 Å². The first-order valence-corrected chi connectivity index (χ1v) is 31.6. The van der Waals surface area contributed by atoms with E-state index in [1.165, 1.54) is 143 Å². The highest BCUT2D eigenvalue weighted by Gasteiger charge is 2.51. The highest BCUT2D eigenvalue weighted by Crippen LogP contribution is 2.51. The molecule has 0 saturated heterocycles. The van der Waals surface area contributed by atoms with Crippen LogP contribution in [0, 0.1) is 0 Å². The zero-order chi connectivity index (χ0) is 52.5. The van der Waals surface area contributed by atoms with Gasteiger partial charge in [-0.2, -0.15) is 0 Å². The van der Waals surface area contributed by atoms with E-state index in [2.05, 4.69) is 239 Å². The van der Waals surface area contributed by atoms with Crippen LogP contribution in [-0.2, 0) is 36.5 Å². The van der Waals surface area contributed by atoms with Gasteiger partial charge in [0.15, 0.2) is 0 Å². The van der Waals surface area contributed by atoms with E-state index in [0.717, 1.165) is 37.8 Å². The lowest BCUT2D eigenvalue weighted by Crippen LogP contribution is -2.79. The van der Waals surface area contributed by atoms with Gasteiger partial charge in [-0.1, -0.05) is 199 Å². The quantitative estimate of drug-likeness (QED) is 0.145. The molecule has 0 spiro atoms. The molecule has 4 heterocycles. The molecule has 14 rings (SSSR count). The molecule has 3 nitrogen and oxygen atoms in total. The number of hydrogen-bond donors (Lipinski definition) is 0. The van der Waals surface area contributed by atoms with E-state index in [1.807, 2.05) is 0 Å². The van der Waals surface area contributed by atoms with Gasteiger partial charge in [0.1, 0.15) is 8.07 Å². The lowest BCUT2D eigenvalue weighted by molar-refractivity contribution is 0.590. The summed E-state index contributed by atoms with van der Waals surface area (Å²) in [5.74, 6) is 0. The highest BCUT2D eigenvalue weighted by molar-refractivity contribution is 7.15. The van der Waals surface area contributed by atoms with Gasteiger partial charge in [-0.05, 0) is 161 Å². The highest BCUT2D eigenvalue weighted by atomic mass is 28.3. The molecule has 10 aromatic rings. The monoisotopic (exact) mass is 1020 g/mol. The molecule has 382 valence electrons. The Morgan fingerprint density at radius 1 is 0.455 bits per heavy atom. The van der Waals surface area contributed by atoms with Crippen molar-refractivity contribution in [2.24, 2.45) is 0 Å². The topological polar surface area (TPSA) is 13.1 Å². The van der Waals surface area contributed by atoms with Crippen molar-refractivity contribution in [1.82, 2.24) is 9.13 Å². The third-order valence-corrected chi connectivity index (χ3v) is 24.3. The average Bonchev–Trinajstić information content (AvgIpc) is 4.01. The number of para-hydroxylation sites is 2. The molecule has 0 atom stereocenters. The second-order valence-corrected chi connectivity index (χ2v) is 29.8. The average molecular weight is 1020 g/mol. The van der Waals surface area contributed by atoms with Crippen LogP contribution in [0.4, 0.5) is 17.1 Å². The minimum atomic E-state index is -2.41. The molecule has 2 aliphatic heterocycles. The number of aryl methyl sites for hydroxylation is 2. The molecule has 77 heavy (non-hydrogen) atoms. The fourth-order valence-electron chi connectivity index (χ4n) is 15.0. The first-order chi connectivity index (χ1) is 37.4. The Balaban J connectivity index is 1.15. The molecule has 0 N–H and O–H groups in total. The van der Waals surface area contributed by atoms with Crippen LogP contribution >= 0.6 is 0 Å². The van der Waals surface area contributed by atoms with Gasteiger partial charge in [0.2, 0.25) is 6.71 Å². The van der Waals surface area contributed by atoms with Crippen molar-refractivity contribution in [2.75, 3.05) is 4.90 Å². The van der Waals surface area contributed by atoms with Gasteiger partial charge < -0.3 is 14.0 Å². The van der Waals surface area contributed by atoms with Crippen LogP contribution in [-0.4, -0.2) is 23.9 Å². The number of fused-ring (bicyclic) bond motifs is 10. The molecule has 0 radical (unpaired) electrons. The van der Waals surface area contributed by atoms with Gasteiger partial charge in [0.05, 0.1) is 16.7 Å². The zero-order valence-electron chi connectivity index (χ0n) is 46.7. The molecule has 2 aromatic heterocycles. The summed E-state index contributed by atoms with van der Waals surface area (Å²) >= 11 is 0. The number of anilines is 3. The van der Waals surface area contributed by atoms with E-state index in [0.29, 0.717) is 0 Å². The van der Waals surface area contributed by atoms with E-state index in [9.17, 15) is 0 Å². The van der Waals surface area contributed by atoms with Crippen molar-refractivity contribution in [3.05, 3.63) is 203 Å². The van der Waals surface area contributed by atoms with Crippen LogP contribution in [0.1, 0.15) is 115 Å². The standard InChI is InChI=1S/C72H72BN3Si/c1-9-77(10-2)67-40-38-51(74-61-33-21-17-29-53(61)54-30-18-22-34-62(54)74)45-60(67)73-59-39-37-52(75-63-35-23-19-31-55(63)56-32-20-24-36-64(56)75)46-65(59)76(66-43-50(72(6,7)8)44-68(77)69(66)73)70-57(47-25-13-11-14-26-47)41-49(71(3,4)5)42-58(70)48-27-15-12-16-28-48/h11-17,19,21,23,25-29,31,33,35,37-46H,9-10,18,20,22,24,30,32,34,36H2,1-8H3. The van der Waals surface area contributed by atoms with Gasteiger partial charge in [-0.15, -0.1) is 0 Å². The van der Waals surface area contributed by atoms with Crippen molar-refractivity contribution >= 4 is 80.4 Å². The normalized spacial score (nSPS) is 15.5. The summed E-state index contributed by atoms with van der Waals surface area (Å²) < 4.78 is 5.34. The molecule has 0 fully saturated rings. The molecule has 0 amide bonds. The summed E-state index contributed by atoms with van der Waals surface area (Å²) in [6.45, 7) is 19.5. The second-order valence-electron chi connectivity index (χ2n) is 25.2. The first-order valence-electron chi connectivity index (χ1n) is 29.2. The summed E-state index contributed by atoms with van der Waals surface area (Å²) in [4.78, 5) is 2.81. The fraction of sp³-hybridized carbons (Fsp3) is 0.278. The van der Waals surface area contributed by atoms with Gasteiger partial charge in [0, 0.05) is 56.0 Å². The number of nitrogens with zero attached hydrogens (tertiary/aromatic N) is 3. The number of benzene rings is 8. The Morgan fingerprint density at radius 3 is 1.49 bits per heavy atom. The van der Waals surface area contributed by atoms with Crippen LogP contribution in [0.15, 0.2) is 170 Å². The van der Waals surface area contributed by atoms with Crippen LogP contribution in [0.25, 0.3) is 55.4 Å². The third kappa shape index (κ3) is 7.35. The predicted molar refractivity (Wildman–Crippen MR) is 333 cm³/mol. The minimum Gasteiger partial charge on any atom is -0.313 e. The van der Waals surface area contributed by atoms with E-state index in [-0.39, 0.29) is 17.5 Å². The molecule has 4 aliphatic rings. The predicted octanol–water partition coefficient (Wildman–Crippen LogP) is 15.5. The largest absolute Gasteiger partial charge is 0.313 e. The van der Waals surface area contributed by atoms with Crippen molar-refractivity contribution in [2.45, 2.75) is 130 Å². The molecular formula is C72H72BN3Si. The maximum atomic E-state index is 2.81. The van der Waals surface area contributed by atoms with Gasteiger partial charge >= 0.3 is 0 Å². The molecule has 0 unspecified atom stereocenters. The Labute approximate surface area is 458 Å². The molecule has 0 saturated carbocycles. The van der Waals surface area contributed by atoms with E-state index in [1.54, 1.807) is 15.9 Å². The third-order valence-electron chi connectivity index (χ3n) is 18.9. The second kappa shape index (κ2) is 18.0. The Morgan fingerprint density at radius 2 is 0.948 bits per heavy atom. The Bertz CT molecular complexity index is 3930. The van der Waals surface area contributed by atoms with E-state index >= 15 is 0 Å². The Hall–Kier alpha value is -7.08. The summed E-state index contributed by atoms with van der Waals surface area (Å²) in [6, 6.07) is 69.5. The van der Waals surface area contributed by atoms with E-state index in [4.69, 9.17) is 0 Å². The van der Waals surface area contributed by atoms with Crippen LogP contribution in [0.3, 0.4) is 0 Å². The van der Waals surface area contributed by atoms with Gasteiger partial charge in [0.25, 0.3) is 0 Å². The van der Waals surface area contributed by atoms with Crippen molar-refractivity contribution in [3.63, 3.8) is 0 Å². The van der Waals surface area contributed by atoms with Gasteiger partial charge in [-0.3, -0.25) is 0 Å². The van der Waals surface area contributed by atoms with Crippen molar-refractivity contribution in [3.8, 4) is 33.6 Å². The zero-order valence-corrected chi connectivity index (χ0v) is 47.7. The molecular weight excluding hydrogens is 946 g/mol. The molecule has 8 aromatic carbocycles. The molecule has 5 heteroatoms. The molecule has 0 bridgehead atoms. The summed E-state index contributed by atoms with van der Waals surface area (Å²) in [5, 5.41) is 6.11. The fourth-order valence-corrected chi connectivity index (χ4v) is 19.7. The first kappa shape index (κ1) is 48.3.